The molecular weight excluding hydrogens is 236 g/mol. The van der Waals surface area contributed by atoms with E-state index < -0.39 is 11.9 Å². The smallest absolute Gasteiger partial charge is 0.321 e. The van der Waals surface area contributed by atoms with Crippen molar-refractivity contribution < 1.29 is 23.9 Å². The Morgan fingerprint density at radius 2 is 1.72 bits per heavy atom. The highest BCUT2D eigenvalue weighted by Gasteiger charge is 2.20. The maximum Gasteiger partial charge on any atom is 0.321 e. The molecule has 0 bridgehead atoms. The predicted octanol–water partition coefficient (Wildman–Crippen LogP) is 1.90. The van der Waals surface area contributed by atoms with Crippen molar-refractivity contribution in [3.63, 3.8) is 0 Å². The lowest BCUT2D eigenvalue weighted by molar-refractivity contribution is -0.141. The van der Waals surface area contributed by atoms with Crippen molar-refractivity contribution in [2.45, 2.75) is 20.8 Å². The van der Waals surface area contributed by atoms with Crippen LogP contribution in [0, 0.1) is 5.92 Å². The van der Waals surface area contributed by atoms with Gasteiger partial charge in [-0.05, 0) is 20.8 Å². The van der Waals surface area contributed by atoms with Gasteiger partial charge in [0.15, 0.2) is 11.6 Å². The first-order valence-corrected chi connectivity index (χ1v) is 5.25. The first kappa shape index (κ1) is 15.8. The average molecular weight is 252 g/mol. The number of ketones is 2. The predicted molar refractivity (Wildman–Crippen MR) is 65.1 cm³/mol. The molecule has 0 rings (SSSR count). The quantitative estimate of drug-likeness (QED) is 0.393. The third-order valence-electron chi connectivity index (χ3n) is 1.83. The minimum absolute atomic E-state index is 0.104. The van der Waals surface area contributed by atoms with Gasteiger partial charge in [-0.1, -0.05) is 6.58 Å². The minimum atomic E-state index is -0.775. The highest BCUT2D eigenvalue weighted by molar-refractivity contribution is 5.89. The summed E-state index contributed by atoms with van der Waals surface area (Å²) in [6.07, 6.45) is 4.46. The van der Waals surface area contributed by atoms with Crippen LogP contribution in [0.1, 0.15) is 20.8 Å². The molecule has 0 aliphatic rings. The molecule has 0 aromatic heterocycles. The number of carbonyl (C=O) groups is 3. The Morgan fingerprint density at radius 3 is 2.17 bits per heavy atom. The molecule has 98 valence electrons. The van der Waals surface area contributed by atoms with Crippen molar-refractivity contribution in [2.75, 3.05) is 0 Å². The number of esters is 1. The van der Waals surface area contributed by atoms with Crippen LogP contribution in [0.25, 0.3) is 0 Å². The van der Waals surface area contributed by atoms with Gasteiger partial charge in [-0.3, -0.25) is 14.4 Å². The molecule has 0 aliphatic heterocycles. The molecule has 5 heteroatoms. The van der Waals surface area contributed by atoms with E-state index in [2.05, 4.69) is 11.3 Å². The summed E-state index contributed by atoms with van der Waals surface area (Å²) in [5, 5.41) is 0. The average Bonchev–Trinajstić information content (AvgIpc) is 2.26. The summed E-state index contributed by atoms with van der Waals surface area (Å²) in [7, 11) is 0. The largest absolute Gasteiger partial charge is 0.468 e. The molecule has 5 nitrogen and oxygen atoms in total. The van der Waals surface area contributed by atoms with Gasteiger partial charge in [0, 0.05) is 12.2 Å². The molecule has 0 aromatic carbocycles. The van der Waals surface area contributed by atoms with Gasteiger partial charge in [-0.2, -0.15) is 0 Å². The van der Waals surface area contributed by atoms with Crippen molar-refractivity contribution in [1.82, 2.24) is 0 Å². The molecule has 0 saturated carbocycles. The van der Waals surface area contributed by atoms with Gasteiger partial charge in [-0.15, -0.1) is 0 Å². The molecule has 0 heterocycles. The first-order valence-electron chi connectivity index (χ1n) is 5.25. The van der Waals surface area contributed by atoms with Gasteiger partial charge >= 0.3 is 5.97 Å². The molecule has 0 spiro atoms. The fraction of sp³-hybridized carbons (Fsp3) is 0.308. The van der Waals surface area contributed by atoms with Gasteiger partial charge in [0.05, 0.1) is 12.5 Å². The van der Waals surface area contributed by atoms with Crippen molar-refractivity contribution >= 4 is 17.5 Å². The molecule has 0 amide bonds. The van der Waals surface area contributed by atoms with E-state index in [-0.39, 0.29) is 17.3 Å². The monoisotopic (exact) mass is 252 g/mol. The Bertz CT molecular complexity index is 404. The Kier molecular flexibility index (Phi) is 7.04. The normalized spacial score (nSPS) is 12.9. The van der Waals surface area contributed by atoms with Crippen LogP contribution in [0.4, 0.5) is 0 Å². The second-order valence-corrected chi connectivity index (χ2v) is 3.51. The minimum Gasteiger partial charge on any atom is -0.468 e. The lowest BCUT2D eigenvalue weighted by atomic mass is 10.1. The lowest BCUT2D eigenvalue weighted by Crippen LogP contribution is -2.16. The standard InChI is InChI=1S/C13H16O5/c1-5-17-13(16)11(4)12(8-10(3)15)18-7-6-9(2)14/h5-8,11H,1H2,2-4H3/b7-6-,12-8-. The summed E-state index contributed by atoms with van der Waals surface area (Å²) >= 11 is 0. The van der Waals surface area contributed by atoms with Crippen LogP contribution in [0.15, 0.2) is 37.0 Å². The summed E-state index contributed by atoms with van der Waals surface area (Å²) in [6, 6.07) is 0. The van der Waals surface area contributed by atoms with Crippen LogP contribution >= 0.6 is 0 Å². The molecule has 0 radical (unpaired) electrons. The van der Waals surface area contributed by atoms with E-state index in [1.54, 1.807) is 0 Å². The van der Waals surface area contributed by atoms with Gasteiger partial charge in [0.1, 0.15) is 11.7 Å². The second kappa shape index (κ2) is 8.00. The summed E-state index contributed by atoms with van der Waals surface area (Å²) in [4.78, 5) is 33.2. The van der Waals surface area contributed by atoms with Crippen LogP contribution in [0.3, 0.4) is 0 Å². The lowest BCUT2D eigenvalue weighted by Gasteiger charge is -2.12. The van der Waals surface area contributed by atoms with Crippen LogP contribution < -0.4 is 0 Å². The zero-order chi connectivity index (χ0) is 14.1. The molecule has 0 N–H and O–H groups in total. The third kappa shape index (κ3) is 6.42. The van der Waals surface area contributed by atoms with Crippen LogP contribution in [-0.2, 0) is 23.9 Å². The van der Waals surface area contributed by atoms with E-state index in [1.807, 2.05) is 0 Å². The number of allylic oxidation sites excluding steroid dienone is 2. The number of ether oxygens (including phenoxy) is 2. The van der Waals surface area contributed by atoms with E-state index in [0.29, 0.717) is 0 Å². The maximum absolute atomic E-state index is 11.4. The van der Waals surface area contributed by atoms with E-state index in [0.717, 1.165) is 12.5 Å². The molecule has 0 saturated heterocycles. The van der Waals surface area contributed by atoms with E-state index in [4.69, 9.17) is 4.74 Å². The van der Waals surface area contributed by atoms with Gasteiger partial charge in [0.2, 0.25) is 0 Å². The van der Waals surface area contributed by atoms with E-state index >= 15 is 0 Å². The van der Waals surface area contributed by atoms with Crippen molar-refractivity contribution in [3.8, 4) is 0 Å². The molecule has 1 unspecified atom stereocenters. The van der Waals surface area contributed by atoms with Gasteiger partial charge in [-0.25, -0.2) is 0 Å². The zero-order valence-electron chi connectivity index (χ0n) is 10.6. The first-order chi connectivity index (χ1) is 8.38. The van der Waals surface area contributed by atoms with Crippen molar-refractivity contribution in [1.29, 1.82) is 0 Å². The highest BCUT2D eigenvalue weighted by Crippen LogP contribution is 2.15. The van der Waals surface area contributed by atoms with Crippen LogP contribution in [0.5, 0.6) is 0 Å². The maximum atomic E-state index is 11.4. The Balaban J connectivity index is 4.89. The van der Waals surface area contributed by atoms with E-state index in [9.17, 15) is 14.4 Å². The van der Waals surface area contributed by atoms with Gasteiger partial charge in [0.25, 0.3) is 0 Å². The number of carbonyl (C=O) groups excluding carboxylic acids is 3. The molecule has 0 aromatic rings. The summed E-state index contributed by atoms with van der Waals surface area (Å²) in [6.45, 7) is 7.45. The summed E-state index contributed by atoms with van der Waals surface area (Å²) in [5.74, 6) is -1.76. The number of hydrogen-bond donors (Lipinski definition) is 0. The number of hydrogen-bond acceptors (Lipinski definition) is 5. The molecular formula is C13H16O5. The number of rotatable bonds is 7. The molecule has 0 aliphatic carbocycles. The Hall–Kier alpha value is -2.17. The third-order valence-corrected chi connectivity index (χ3v) is 1.83. The summed E-state index contributed by atoms with van der Waals surface area (Å²) in [5.41, 5.74) is 0. The highest BCUT2D eigenvalue weighted by atomic mass is 16.5. The van der Waals surface area contributed by atoms with Crippen molar-refractivity contribution in [3.05, 3.63) is 37.0 Å². The fourth-order valence-corrected chi connectivity index (χ4v) is 0.970. The topological polar surface area (TPSA) is 69.7 Å². The molecule has 0 fully saturated rings. The van der Waals surface area contributed by atoms with Crippen molar-refractivity contribution in [2.24, 2.45) is 5.92 Å². The van der Waals surface area contributed by atoms with Crippen LogP contribution in [-0.4, -0.2) is 17.5 Å². The molecule has 1 atom stereocenters. The van der Waals surface area contributed by atoms with Crippen LogP contribution in [0.2, 0.25) is 0 Å². The van der Waals surface area contributed by atoms with E-state index in [1.165, 1.54) is 32.9 Å². The zero-order valence-corrected chi connectivity index (χ0v) is 10.6. The SMILES string of the molecule is C=COC(=O)C(C)/C(=C/C(C)=O)O/C=C\C(C)=O. The molecule has 18 heavy (non-hydrogen) atoms. The Labute approximate surface area is 106 Å². The fourth-order valence-electron chi connectivity index (χ4n) is 0.970. The van der Waals surface area contributed by atoms with Gasteiger partial charge < -0.3 is 9.47 Å². The second-order valence-electron chi connectivity index (χ2n) is 3.51. The summed E-state index contributed by atoms with van der Waals surface area (Å²) < 4.78 is 9.69. The Morgan fingerprint density at radius 1 is 1.11 bits per heavy atom.